The Morgan fingerprint density at radius 1 is 0.833 bits per heavy atom. The van der Waals surface area contributed by atoms with Gasteiger partial charge in [0.25, 0.3) is 0 Å². The van der Waals surface area contributed by atoms with Crippen LogP contribution in [0.1, 0.15) is 58.3 Å². The van der Waals surface area contributed by atoms with E-state index in [-0.39, 0.29) is 0 Å². The van der Waals surface area contributed by atoms with Gasteiger partial charge in [0, 0.05) is 0 Å². The van der Waals surface area contributed by atoms with E-state index >= 15 is 0 Å². The maximum Gasteiger partial charge on any atom is 0.151 e. The lowest BCUT2D eigenvalue weighted by atomic mass is 10.1. The van der Waals surface area contributed by atoms with Crippen molar-refractivity contribution >= 4 is 0 Å². The second kappa shape index (κ2) is 9.01. The van der Waals surface area contributed by atoms with Gasteiger partial charge in [-0.05, 0) is 12.8 Å². The van der Waals surface area contributed by atoms with Gasteiger partial charge >= 0.3 is 0 Å². The number of hydrogen-bond donors (Lipinski definition) is 2. The molecule has 12 heavy (non-hydrogen) atoms. The van der Waals surface area contributed by atoms with Gasteiger partial charge in [-0.15, -0.1) is 0 Å². The van der Waals surface area contributed by atoms with Crippen molar-refractivity contribution in [1.82, 2.24) is 0 Å². The Morgan fingerprint density at radius 2 is 1.33 bits per heavy atom. The molecule has 0 aliphatic carbocycles. The number of aliphatic hydroxyl groups excluding tert-OH is 1. The fraction of sp³-hybridized carbons (Fsp3) is 1.00. The van der Waals surface area contributed by atoms with Gasteiger partial charge in [-0.25, -0.2) is 0 Å². The van der Waals surface area contributed by atoms with Crippen molar-refractivity contribution in [3.05, 3.63) is 0 Å². The highest BCUT2D eigenvalue weighted by molar-refractivity contribution is 4.46. The molecule has 0 heterocycles. The third-order valence-electron chi connectivity index (χ3n) is 2.07. The standard InChI is InChI=1S/C10H22O2/c1-2-3-4-5-6-7-8-9-10(11)12/h10-12H,2-9H2,1H3. The van der Waals surface area contributed by atoms with E-state index < -0.39 is 6.29 Å². The molecule has 0 amide bonds. The van der Waals surface area contributed by atoms with Crippen LogP contribution in [0.5, 0.6) is 0 Å². The van der Waals surface area contributed by atoms with Crippen LogP contribution in [0.2, 0.25) is 0 Å². The van der Waals surface area contributed by atoms with Crippen LogP contribution in [0.15, 0.2) is 0 Å². The van der Waals surface area contributed by atoms with Gasteiger partial charge in [-0.2, -0.15) is 0 Å². The molecule has 74 valence electrons. The molecule has 0 aliphatic rings. The van der Waals surface area contributed by atoms with Crippen LogP contribution in [0, 0.1) is 0 Å². The SMILES string of the molecule is CCCCCCCCCC(O)O. The van der Waals surface area contributed by atoms with E-state index in [4.69, 9.17) is 10.2 Å². The highest BCUT2D eigenvalue weighted by Crippen LogP contribution is 2.08. The first-order valence-corrected chi connectivity index (χ1v) is 5.13. The van der Waals surface area contributed by atoms with Crippen molar-refractivity contribution in [2.75, 3.05) is 0 Å². The molecule has 2 heteroatoms. The first-order chi connectivity index (χ1) is 5.77. The lowest BCUT2D eigenvalue weighted by Gasteiger charge is -2.02. The number of rotatable bonds is 8. The van der Waals surface area contributed by atoms with Gasteiger partial charge in [0.2, 0.25) is 0 Å². The van der Waals surface area contributed by atoms with E-state index in [1.54, 1.807) is 0 Å². The first-order valence-electron chi connectivity index (χ1n) is 5.13. The van der Waals surface area contributed by atoms with E-state index in [0.717, 1.165) is 12.8 Å². The topological polar surface area (TPSA) is 40.5 Å². The lowest BCUT2D eigenvalue weighted by molar-refractivity contribution is -0.0466. The smallest absolute Gasteiger partial charge is 0.151 e. The molecule has 2 nitrogen and oxygen atoms in total. The summed E-state index contributed by atoms with van der Waals surface area (Å²) in [6.45, 7) is 2.21. The van der Waals surface area contributed by atoms with E-state index in [1.165, 1.54) is 32.1 Å². The van der Waals surface area contributed by atoms with Crippen molar-refractivity contribution in [2.24, 2.45) is 0 Å². The number of unbranched alkanes of at least 4 members (excludes halogenated alkanes) is 6. The number of hydrogen-bond acceptors (Lipinski definition) is 2. The minimum Gasteiger partial charge on any atom is -0.368 e. The molecule has 2 N–H and O–H groups in total. The summed E-state index contributed by atoms with van der Waals surface area (Å²) >= 11 is 0. The Hall–Kier alpha value is -0.0800. The van der Waals surface area contributed by atoms with Crippen LogP contribution in [-0.2, 0) is 0 Å². The quantitative estimate of drug-likeness (QED) is 0.438. The highest BCUT2D eigenvalue weighted by atomic mass is 16.5. The van der Waals surface area contributed by atoms with Crippen LogP contribution in [0.3, 0.4) is 0 Å². The Labute approximate surface area is 75.6 Å². The molecular formula is C10H22O2. The molecule has 0 saturated carbocycles. The van der Waals surface area contributed by atoms with Gasteiger partial charge in [-0.1, -0.05) is 45.4 Å². The van der Waals surface area contributed by atoms with Gasteiger partial charge in [0.1, 0.15) is 0 Å². The molecule has 0 unspecified atom stereocenters. The molecule has 0 aromatic rings. The van der Waals surface area contributed by atoms with E-state index in [2.05, 4.69) is 6.92 Å². The molecule has 0 rings (SSSR count). The van der Waals surface area contributed by atoms with Crippen molar-refractivity contribution in [3.8, 4) is 0 Å². The van der Waals surface area contributed by atoms with E-state index in [1.807, 2.05) is 0 Å². The number of aliphatic hydroxyl groups is 2. The maximum atomic E-state index is 8.55. The lowest BCUT2D eigenvalue weighted by Crippen LogP contribution is -2.02. The first kappa shape index (κ1) is 11.9. The third kappa shape index (κ3) is 9.92. The maximum absolute atomic E-state index is 8.55. The summed E-state index contributed by atoms with van der Waals surface area (Å²) in [4.78, 5) is 0. The fourth-order valence-electron chi connectivity index (χ4n) is 1.28. The molecule has 0 bridgehead atoms. The van der Waals surface area contributed by atoms with Crippen molar-refractivity contribution in [1.29, 1.82) is 0 Å². The zero-order chi connectivity index (χ0) is 9.23. The second-order valence-electron chi connectivity index (χ2n) is 3.39. The summed E-state index contributed by atoms with van der Waals surface area (Å²) in [6, 6.07) is 0. The molecule has 0 aromatic carbocycles. The van der Waals surface area contributed by atoms with Crippen LogP contribution < -0.4 is 0 Å². The molecule has 0 aliphatic heterocycles. The Kier molecular flexibility index (Phi) is 8.95. The normalized spacial score (nSPS) is 11.0. The second-order valence-corrected chi connectivity index (χ2v) is 3.39. The summed E-state index contributed by atoms with van der Waals surface area (Å²) in [6.07, 6.45) is 8.03. The zero-order valence-electron chi connectivity index (χ0n) is 8.13. The van der Waals surface area contributed by atoms with Crippen LogP contribution in [-0.4, -0.2) is 16.5 Å². The molecule has 0 radical (unpaired) electrons. The summed E-state index contributed by atoms with van der Waals surface area (Å²) < 4.78 is 0. The van der Waals surface area contributed by atoms with Crippen molar-refractivity contribution < 1.29 is 10.2 Å². The third-order valence-corrected chi connectivity index (χ3v) is 2.07. The summed E-state index contributed by atoms with van der Waals surface area (Å²) in [5.41, 5.74) is 0. The molecule has 0 fully saturated rings. The predicted molar refractivity (Wildman–Crippen MR) is 50.8 cm³/mol. The van der Waals surface area contributed by atoms with Crippen molar-refractivity contribution in [2.45, 2.75) is 64.6 Å². The highest BCUT2D eigenvalue weighted by Gasteiger charge is 1.96. The molecule has 0 aromatic heterocycles. The molecular weight excluding hydrogens is 152 g/mol. The Bertz CT molecular complexity index is 81.9. The molecule has 0 spiro atoms. The molecule has 0 saturated heterocycles. The predicted octanol–water partition coefficient (Wildman–Crippen LogP) is 2.44. The molecule has 0 atom stereocenters. The Morgan fingerprint density at radius 3 is 1.83 bits per heavy atom. The zero-order valence-corrected chi connectivity index (χ0v) is 8.13. The van der Waals surface area contributed by atoms with Gasteiger partial charge in [0.05, 0.1) is 0 Å². The summed E-state index contributed by atoms with van der Waals surface area (Å²) in [5, 5.41) is 17.1. The summed E-state index contributed by atoms with van der Waals surface area (Å²) in [7, 11) is 0. The van der Waals surface area contributed by atoms with Crippen LogP contribution in [0.4, 0.5) is 0 Å². The van der Waals surface area contributed by atoms with Crippen molar-refractivity contribution in [3.63, 3.8) is 0 Å². The van der Waals surface area contributed by atoms with E-state index in [9.17, 15) is 0 Å². The van der Waals surface area contributed by atoms with Gasteiger partial charge in [0.15, 0.2) is 6.29 Å². The van der Waals surface area contributed by atoms with Crippen LogP contribution in [0.25, 0.3) is 0 Å². The minimum atomic E-state index is -1.10. The summed E-state index contributed by atoms with van der Waals surface area (Å²) in [5.74, 6) is 0. The fourth-order valence-corrected chi connectivity index (χ4v) is 1.28. The minimum absolute atomic E-state index is 0.535. The van der Waals surface area contributed by atoms with E-state index in [0.29, 0.717) is 6.42 Å². The largest absolute Gasteiger partial charge is 0.368 e. The average molecular weight is 174 g/mol. The van der Waals surface area contributed by atoms with Gasteiger partial charge in [-0.3, -0.25) is 0 Å². The van der Waals surface area contributed by atoms with Gasteiger partial charge < -0.3 is 10.2 Å². The monoisotopic (exact) mass is 174 g/mol. The Balaban J connectivity index is 2.82. The van der Waals surface area contributed by atoms with Crippen LogP contribution >= 0.6 is 0 Å². The average Bonchev–Trinajstić information content (AvgIpc) is 2.02.